The maximum Gasteiger partial charge on any atom is 0.320 e. The first-order chi connectivity index (χ1) is 6.95. The molecule has 0 saturated heterocycles. The topological polar surface area (TPSA) is 38.3 Å². The molecule has 0 amide bonds. The van der Waals surface area contributed by atoms with E-state index < -0.39 is 5.60 Å². The summed E-state index contributed by atoms with van der Waals surface area (Å²) in [6.45, 7) is 6.65. The van der Waals surface area contributed by atoms with E-state index in [0.29, 0.717) is 0 Å². The Morgan fingerprint density at radius 3 is 2.60 bits per heavy atom. The summed E-state index contributed by atoms with van der Waals surface area (Å²) in [7, 11) is 0. The molecule has 0 radical (unpaired) electrons. The van der Waals surface area contributed by atoms with Crippen LogP contribution in [0.1, 0.15) is 40.0 Å². The van der Waals surface area contributed by atoms with Crippen LogP contribution in [0.4, 0.5) is 0 Å². The summed E-state index contributed by atoms with van der Waals surface area (Å²) in [5.41, 5.74) is -0.401. The summed E-state index contributed by atoms with van der Waals surface area (Å²) in [5, 5.41) is 3.02. The first-order valence-electron chi connectivity index (χ1n) is 5.32. The van der Waals surface area contributed by atoms with Crippen LogP contribution in [0.5, 0.6) is 0 Å². The van der Waals surface area contributed by atoms with Gasteiger partial charge in [0.15, 0.2) is 0 Å². The number of hydrogen-bond donors (Lipinski definition) is 1. The standard InChI is InChI=1S/C12H21NO2/c1-5-6-7-8-9-13-10-11(14)15-12(2,3)4/h1,13H,6-10H2,2-4H3. The fourth-order valence-electron chi connectivity index (χ4n) is 1.05. The highest BCUT2D eigenvalue weighted by Crippen LogP contribution is 2.06. The summed E-state index contributed by atoms with van der Waals surface area (Å²) in [4.78, 5) is 11.2. The van der Waals surface area contributed by atoms with Gasteiger partial charge in [-0.3, -0.25) is 4.79 Å². The number of ether oxygens (including phenoxy) is 1. The third kappa shape index (κ3) is 10.9. The van der Waals surface area contributed by atoms with Crippen molar-refractivity contribution >= 4 is 5.97 Å². The Balaban J connectivity index is 3.37. The Morgan fingerprint density at radius 2 is 2.07 bits per heavy atom. The van der Waals surface area contributed by atoms with Crippen LogP contribution in [0.2, 0.25) is 0 Å². The molecule has 0 aromatic rings. The van der Waals surface area contributed by atoms with Gasteiger partial charge in [-0.15, -0.1) is 12.3 Å². The smallest absolute Gasteiger partial charge is 0.320 e. The maximum atomic E-state index is 11.2. The first-order valence-corrected chi connectivity index (χ1v) is 5.32. The van der Waals surface area contributed by atoms with Crippen molar-refractivity contribution in [1.29, 1.82) is 0 Å². The SMILES string of the molecule is C#CCCCCNCC(=O)OC(C)(C)C. The molecule has 0 atom stereocenters. The Bertz CT molecular complexity index is 223. The summed E-state index contributed by atoms with van der Waals surface area (Å²) in [6.07, 6.45) is 7.91. The number of esters is 1. The number of nitrogens with one attached hydrogen (secondary N) is 1. The second-order valence-corrected chi connectivity index (χ2v) is 4.42. The van der Waals surface area contributed by atoms with Crippen molar-refractivity contribution in [2.24, 2.45) is 0 Å². The predicted octanol–water partition coefficient (Wildman–Crippen LogP) is 1.72. The second-order valence-electron chi connectivity index (χ2n) is 4.42. The van der Waals surface area contributed by atoms with E-state index in [0.717, 1.165) is 25.8 Å². The van der Waals surface area contributed by atoms with Gasteiger partial charge in [-0.2, -0.15) is 0 Å². The van der Waals surface area contributed by atoms with Crippen molar-refractivity contribution in [2.75, 3.05) is 13.1 Å². The third-order valence-corrected chi connectivity index (χ3v) is 1.61. The van der Waals surface area contributed by atoms with Crippen LogP contribution >= 0.6 is 0 Å². The quantitative estimate of drug-likeness (QED) is 0.413. The van der Waals surface area contributed by atoms with Crippen molar-refractivity contribution in [1.82, 2.24) is 5.32 Å². The van der Waals surface area contributed by atoms with E-state index in [1.54, 1.807) is 0 Å². The van der Waals surface area contributed by atoms with Gasteiger partial charge < -0.3 is 10.1 Å². The van der Waals surface area contributed by atoms with Gasteiger partial charge in [0.25, 0.3) is 0 Å². The molecule has 0 unspecified atom stereocenters. The molecule has 3 nitrogen and oxygen atoms in total. The second kappa shape index (κ2) is 7.30. The monoisotopic (exact) mass is 211 g/mol. The zero-order chi connectivity index (χ0) is 11.7. The zero-order valence-corrected chi connectivity index (χ0v) is 9.93. The molecule has 0 rings (SSSR count). The third-order valence-electron chi connectivity index (χ3n) is 1.61. The lowest BCUT2D eigenvalue weighted by atomic mass is 10.2. The zero-order valence-electron chi connectivity index (χ0n) is 9.93. The number of terminal acetylenes is 1. The molecule has 0 heterocycles. The van der Waals surface area contributed by atoms with Crippen LogP contribution in [0, 0.1) is 12.3 Å². The number of carbonyl (C=O) groups excluding carboxylic acids is 1. The van der Waals surface area contributed by atoms with E-state index >= 15 is 0 Å². The van der Waals surface area contributed by atoms with Gasteiger partial charge in [0.1, 0.15) is 5.60 Å². The van der Waals surface area contributed by atoms with Gasteiger partial charge in [-0.05, 0) is 40.2 Å². The molecule has 3 heteroatoms. The number of carbonyl (C=O) groups is 1. The molecule has 0 spiro atoms. The Kier molecular flexibility index (Phi) is 6.81. The van der Waals surface area contributed by atoms with E-state index in [1.165, 1.54) is 0 Å². The Morgan fingerprint density at radius 1 is 1.40 bits per heavy atom. The van der Waals surface area contributed by atoms with Crippen LogP contribution in [-0.4, -0.2) is 24.7 Å². The van der Waals surface area contributed by atoms with Crippen molar-refractivity contribution in [3.8, 4) is 12.3 Å². The van der Waals surface area contributed by atoms with Crippen molar-refractivity contribution in [3.63, 3.8) is 0 Å². The highest BCUT2D eigenvalue weighted by atomic mass is 16.6. The lowest BCUT2D eigenvalue weighted by Gasteiger charge is -2.19. The Labute approximate surface area is 92.6 Å². The minimum atomic E-state index is -0.401. The van der Waals surface area contributed by atoms with E-state index in [4.69, 9.17) is 11.2 Å². The molecule has 0 bridgehead atoms. The molecule has 0 aliphatic heterocycles. The van der Waals surface area contributed by atoms with E-state index in [2.05, 4.69) is 11.2 Å². The van der Waals surface area contributed by atoms with Gasteiger partial charge in [0.05, 0.1) is 6.54 Å². The van der Waals surface area contributed by atoms with Crippen molar-refractivity contribution in [2.45, 2.75) is 45.6 Å². The van der Waals surface area contributed by atoms with Crippen molar-refractivity contribution in [3.05, 3.63) is 0 Å². The fraction of sp³-hybridized carbons (Fsp3) is 0.750. The van der Waals surface area contributed by atoms with E-state index in [9.17, 15) is 4.79 Å². The molecule has 1 N–H and O–H groups in total. The number of unbranched alkanes of at least 4 members (excludes halogenated alkanes) is 2. The van der Waals surface area contributed by atoms with Crippen LogP contribution in [-0.2, 0) is 9.53 Å². The van der Waals surface area contributed by atoms with Crippen LogP contribution in [0.25, 0.3) is 0 Å². The average Bonchev–Trinajstić information content (AvgIpc) is 2.08. The molecule has 15 heavy (non-hydrogen) atoms. The lowest BCUT2D eigenvalue weighted by Crippen LogP contribution is -2.31. The fourth-order valence-corrected chi connectivity index (χ4v) is 1.05. The summed E-state index contributed by atoms with van der Waals surface area (Å²) in [6, 6.07) is 0. The minimum absolute atomic E-state index is 0.209. The first kappa shape index (κ1) is 14.0. The summed E-state index contributed by atoms with van der Waals surface area (Å²) in [5.74, 6) is 2.37. The molecule has 0 aromatic heterocycles. The average molecular weight is 211 g/mol. The van der Waals surface area contributed by atoms with Gasteiger partial charge >= 0.3 is 5.97 Å². The van der Waals surface area contributed by atoms with Gasteiger partial charge in [0, 0.05) is 6.42 Å². The van der Waals surface area contributed by atoms with E-state index in [-0.39, 0.29) is 12.5 Å². The van der Waals surface area contributed by atoms with Gasteiger partial charge in [-0.1, -0.05) is 0 Å². The molecule has 0 aliphatic carbocycles. The molecule has 0 fully saturated rings. The minimum Gasteiger partial charge on any atom is -0.459 e. The molecule has 86 valence electrons. The maximum absolute atomic E-state index is 11.2. The van der Waals surface area contributed by atoms with E-state index in [1.807, 2.05) is 20.8 Å². The molecular formula is C12H21NO2. The number of hydrogen-bond acceptors (Lipinski definition) is 3. The van der Waals surface area contributed by atoms with Crippen LogP contribution < -0.4 is 5.32 Å². The summed E-state index contributed by atoms with van der Waals surface area (Å²) < 4.78 is 5.13. The molecular weight excluding hydrogens is 190 g/mol. The lowest BCUT2D eigenvalue weighted by molar-refractivity contribution is -0.153. The number of rotatable bonds is 6. The predicted molar refractivity (Wildman–Crippen MR) is 61.4 cm³/mol. The molecule has 0 saturated carbocycles. The summed E-state index contributed by atoms with van der Waals surface area (Å²) >= 11 is 0. The normalized spacial score (nSPS) is 10.8. The highest BCUT2D eigenvalue weighted by Gasteiger charge is 2.15. The largest absolute Gasteiger partial charge is 0.459 e. The Hall–Kier alpha value is -1.01. The van der Waals surface area contributed by atoms with Crippen LogP contribution in [0.15, 0.2) is 0 Å². The molecule has 0 aliphatic rings. The van der Waals surface area contributed by atoms with Gasteiger partial charge in [-0.25, -0.2) is 0 Å². The van der Waals surface area contributed by atoms with Gasteiger partial charge in [0.2, 0.25) is 0 Å². The van der Waals surface area contributed by atoms with Crippen molar-refractivity contribution < 1.29 is 9.53 Å². The van der Waals surface area contributed by atoms with Crippen LogP contribution in [0.3, 0.4) is 0 Å². The molecule has 0 aromatic carbocycles. The highest BCUT2D eigenvalue weighted by molar-refractivity contribution is 5.72.